The first-order chi connectivity index (χ1) is 10.2. The maximum atomic E-state index is 12.3. The normalized spacial score (nSPS) is 10.5. The Kier molecular flexibility index (Phi) is 3.51. The predicted octanol–water partition coefficient (Wildman–Crippen LogP) is 2.75. The zero-order chi connectivity index (χ0) is 14.7. The van der Waals surface area contributed by atoms with E-state index in [0.717, 1.165) is 16.3 Å². The van der Waals surface area contributed by atoms with Crippen LogP contribution in [0.3, 0.4) is 0 Å². The van der Waals surface area contributed by atoms with Gasteiger partial charge in [0.05, 0.1) is 0 Å². The van der Waals surface area contributed by atoms with E-state index in [2.05, 4.69) is 10.3 Å². The molecule has 4 heteroatoms. The van der Waals surface area contributed by atoms with Crippen LogP contribution in [0.15, 0.2) is 60.8 Å². The van der Waals surface area contributed by atoms with Crippen molar-refractivity contribution < 1.29 is 4.79 Å². The highest BCUT2D eigenvalue weighted by atomic mass is 16.1. The number of nitrogens with zero attached hydrogens (tertiary/aromatic N) is 1. The molecule has 0 spiro atoms. The summed E-state index contributed by atoms with van der Waals surface area (Å²) in [5.41, 5.74) is 7.79. The third kappa shape index (κ3) is 2.84. The topological polar surface area (TPSA) is 68.0 Å². The summed E-state index contributed by atoms with van der Waals surface area (Å²) in [6, 6.07) is 17.0. The Labute approximate surface area is 122 Å². The summed E-state index contributed by atoms with van der Waals surface area (Å²) >= 11 is 0. The van der Waals surface area contributed by atoms with Crippen LogP contribution in [0.2, 0.25) is 0 Å². The molecule has 4 nitrogen and oxygen atoms in total. The smallest absolute Gasteiger partial charge is 0.270 e. The van der Waals surface area contributed by atoms with Crippen LogP contribution in [0.1, 0.15) is 16.1 Å². The Morgan fingerprint density at radius 1 is 1.05 bits per heavy atom. The molecule has 0 aliphatic carbocycles. The zero-order valence-electron chi connectivity index (χ0n) is 11.4. The number of anilines is 1. The third-order valence-electron chi connectivity index (χ3n) is 3.32. The summed E-state index contributed by atoms with van der Waals surface area (Å²) in [5, 5.41) is 4.75. The van der Waals surface area contributed by atoms with E-state index in [4.69, 9.17) is 5.73 Å². The fraction of sp³-hybridized carbons (Fsp3) is 0.0588. The third-order valence-corrected chi connectivity index (χ3v) is 3.32. The van der Waals surface area contributed by atoms with E-state index in [1.807, 2.05) is 54.6 Å². The molecule has 0 atom stereocenters. The number of aromatic nitrogens is 1. The SMILES string of the molecule is Nc1ccc(CNC(=O)c2nccc3ccccc23)cc1. The van der Waals surface area contributed by atoms with Gasteiger partial charge in [0, 0.05) is 23.8 Å². The van der Waals surface area contributed by atoms with Gasteiger partial charge in [0.2, 0.25) is 0 Å². The molecule has 1 aromatic heterocycles. The average Bonchev–Trinajstić information content (AvgIpc) is 2.53. The number of amides is 1. The van der Waals surface area contributed by atoms with Crippen molar-refractivity contribution in [1.29, 1.82) is 0 Å². The summed E-state index contributed by atoms with van der Waals surface area (Å²) in [7, 11) is 0. The zero-order valence-corrected chi connectivity index (χ0v) is 11.4. The molecule has 0 saturated heterocycles. The maximum Gasteiger partial charge on any atom is 0.270 e. The first kappa shape index (κ1) is 13.1. The molecule has 0 fully saturated rings. The minimum Gasteiger partial charge on any atom is -0.399 e. The first-order valence-corrected chi connectivity index (χ1v) is 6.70. The molecule has 0 radical (unpaired) electrons. The monoisotopic (exact) mass is 277 g/mol. The Morgan fingerprint density at radius 2 is 1.81 bits per heavy atom. The summed E-state index contributed by atoms with van der Waals surface area (Å²) in [6.07, 6.45) is 1.65. The number of fused-ring (bicyclic) bond motifs is 1. The number of hydrogen-bond donors (Lipinski definition) is 2. The summed E-state index contributed by atoms with van der Waals surface area (Å²) < 4.78 is 0. The van der Waals surface area contributed by atoms with Crippen molar-refractivity contribution in [2.45, 2.75) is 6.54 Å². The molecule has 21 heavy (non-hydrogen) atoms. The van der Waals surface area contributed by atoms with Gasteiger partial charge in [-0.25, -0.2) is 0 Å². The number of carbonyl (C=O) groups is 1. The molecule has 104 valence electrons. The van der Waals surface area contributed by atoms with Crippen LogP contribution < -0.4 is 11.1 Å². The minimum absolute atomic E-state index is 0.177. The van der Waals surface area contributed by atoms with E-state index in [1.54, 1.807) is 6.20 Å². The van der Waals surface area contributed by atoms with Crippen LogP contribution in [-0.4, -0.2) is 10.9 Å². The summed E-state index contributed by atoms with van der Waals surface area (Å²) in [5.74, 6) is -0.177. The Bertz CT molecular complexity index is 776. The molecule has 0 saturated carbocycles. The van der Waals surface area contributed by atoms with E-state index < -0.39 is 0 Å². The fourth-order valence-electron chi connectivity index (χ4n) is 2.20. The number of rotatable bonds is 3. The van der Waals surface area contributed by atoms with Crippen LogP contribution >= 0.6 is 0 Å². The van der Waals surface area contributed by atoms with Gasteiger partial charge in [-0.05, 0) is 29.1 Å². The van der Waals surface area contributed by atoms with E-state index >= 15 is 0 Å². The van der Waals surface area contributed by atoms with Gasteiger partial charge in [0.1, 0.15) is 5.69 Å². The quantitative estimate of drug-likeness (QED) is 0.723. The van der Waals surface area contributed by atoms with Crippen molar-refractivity contribution in [3.05, 3.63) is 72.1 Å². The lowest BCUT2D eigenvalue weighted by Crippen LogP contribution is -2.24. The molecule has 3 rings (SSSR count). The van der Waals surface area contributed by atoms with E-state index in [1.165, 1.54) is 0 Å². The van der Waals surface area contributed by atoms with Gasteiger partial charge in [-0.3, -0.25) is 9.78 Å². The Morgan fingerprint density at radius 3 is 2.62 bits per heavy atom. The predicted molar refractivity (Wildman–Crippen MR) is 83.8 cm³/mol. The van der Waals surface area contributed by atoms with Crippen molar-refractivity contribution in [3.8, 4) is 0 Å². The highest BCUT2D eigenvalue weighted by Crippen LogP contribution is 2.16. The van der Waals surface area contributed by atoms with Crippen molar-refractivity contribution in [1.82, 2.24) is 10.3 Å². The van der Waals surface area contributed by atoms with Crippen LogP contribution in [0.25, 0.3) is 10.8 Å². The number of hydrogen-bond acceptors (Lipinski definition) is 3. The van der Waals surface area contributed by atoms with Gasteiger partial charge in [0.25, 0.3) is 5.91 Å². The molecule has 0 bridgehead atoms. The molecule has 3 aromatic rings. The standard InChI is InChI=1S/C17H15N3O/c18-14-7-5-12(6-8-14)11-20-17(21)16-15-4-2-1-3-13(15)9-10-19-16/h1-10H,11,18H2,(H,20,21). The number of pyridine rings is 1. The highest BCUT2D eigenvalue weighted by molar-refractivity contribution is 6.05. The first-order valence-electron chi connectivity index (χ1n) is 6.70. The van der Waals surface area contributed by atoms with E-state index in [-0.39, 0.29) is 5.91 Å². The summed E-state index contributed by atoms with van der Waals surface area (Å²) in [4.78, 5) is 16.5. The molecule has 1 heterocycles. The molecule has 1 amide bonds. The lowest BCUT2D eigenvalue weighted by molar-refractivity contribution is 0.0948. The van der Waals surface area contributed by atoms with Gasteiger partial charge < -0.3 is 11.1 Å². The van der Waals surface area contributed by atoms with E-state index in [0.29, 0.717) is 17.9 Å². The van der Waals surface area contributed by atoms with Gasteiger partial charge in [-0.15, -0.1) is 0 Å². The number of carbonyl (C=O) groups excluding carboxylic acids is 1. The van der Waals surface area contributed by atoms with E-state index in [9.17, 15) is 4.79 Å². The van der Waals surface area contributed by atoms with Crippen molar-refractivity contribution >= 4 is 22.4 Å². The van der Waals surface area contributed by atoms with Crippen LogP contribution in [0.4, 0.5) is 5.69 Å². The van der Waals surface area contributed by atoms with Crippen molar-refractivity contribution in [3.63, 3.8) is 0 Å². The second-order valence-electron chi connectivity index (χ2n) is 4.80. The molecule has 0 aliphatic heterocycles. The number of benzene rings is 2. The Hall–Kier alpha value is -2.88. The number of nitrogens with two attached hydrogens (primary N) is 1. The van der Waals surface area contributed by atoms with Gasteiger partial charge in [-0.2, -0.15) is 0 Å². The maximum absolute atomic E-state index is 12.3. The van der Waals surface area contributed by atoms with Crippen LogP contribution in [0, 0.1) is 0 Å². The highest BCUT2D eigenvalue weighted by Gasteiger charge is 2.10. The molecular weight excluding hydrogens is 262 g/mol. The second-order valence-corrected chi connectivity index (χ2v) is 4.80. The van der Waals surface area contributed by atoms with Gasteiger partial charge in [-0.1, -0.05) is 36.4 Å². The fourth-order valence-corrected chi connectivity index (χ4v) is 2.20. The molecule has 3 N–H and O–H groups in total. The largest absolute Gasteiger partial charge is 0.399 e. The lowest BCUT2D eigenvalue weighted by atomic mass is 10.1. The number of nitrogen functional groups attached to an aromatic ring is 1. The molecule has 2 aromatic carbocycles. The number of nitrogens with one attached hydrogen (secondary N) is 1. The van der Waals surface area contributed by atoms with Crippen LogP contribution in [0.5, 0.6) is 0 Å². The Balaban J connectivity index is 1.79. The average molecular weight is 277 g/mol. The van der Waals surface area contributed by atoms with Gasteiger partial charge >= 0.3 is 0 Å². The van der Waals surface area contributed by atoms with Crippen molar-refractivity contribution in [2.24, 2.45) is 0 Å². The van der Waals surface area contributed by atoms with Crippen LogP contribution in [-0.2, 0) is 6.54 Å². The summed E-state index contributed by atoms with van der Waals surface area (Å²) in [6.45, 7) is 0.448. The molecule has 0 unspecified atom stereocenters. The van der Waals surface area contributed by atoms with Gasteiger partial charge in [0.15, 0.2) is 0 Å². The molecular formula is C17H15N3O. The lowest BCUT2D eigenvalue weighted by Gasteiger charge is -2.07. The second kappa shape index (κ2) is 5.63. The molecule has 0 aliphatic rings. The minimum atomic E-state index is -0.177. The van der Waals surface area contributed by atoms with Crippen molar-refractivity contribution in [2.75, 3.05) is 5.73 Å².